The summed E-state index contributed by atoms with van der Waals surface area (Å²) in [7, 11) is 1.48. The molecule has 0 saturated heterocycles. The Labute approximate surface area is 158 Å². The van der Waals surface area contributed by atoms with E-state index in [9.17, 15) is 14.4 Å². The number of aromatic nitrogens is 3. The normalized spacial score (nSPS) is 10.8. The van der Waals surface area contributed by atoms with Gasteiger partial charge in [0.05, 0.1) is 18.5 Å². The maximum Gasteiger partial charge on any atom is 0.279 e. The number of hydrogen-bond donors (Lipinski definition) is 3. The number of para-hydroxylation sites is 2. The van der Waals surface area contributed by atoms with E-state index in [1.54, 1.807) is 24.3 Å². The fourth-order valence-corrected chi connectivity index (χ4v) is 2.98. The Morgan fingerprint density at radius 1 is 1.04 bits per heavy atom. The van der Waals surface area contributed by atoms with Crippen molar-refractivity contribution in [2.45, 2.75) is 0 Å². The minimum atomic E-state index is -0.675. The summed E-state index contributed by atoms with van der Waals surface area (Å²) in [6.45, 7) is 0. The van der Waals surface area contributed by atoms with E-state index in [1.807, 2.05) is 30.3 Å². The highest BCUT2D eigenvalue weighted by Gasteiger charge is 2.21. The first-order valence-electron chi connectivity index (χ1n) is 8.46. The number of anilines is 1. The van der Waals surface area contributed by atoms with Crippen LogP contribution in [0.4, 0.5) is 5.69 Å². The number of H-pyrrole nitrogens is 2. The molecule has 4 rings (SSSR count). The number of benzene rings is 2. The molecule has 0 aliphatic rings. The predicted molar refractivity (Wildman–Crippen MR) is 105 cm³/mol. The van der Waals surface area contributed by atoms with Crippen molar-refractivity contribution in [3.8, 4) is 17.0 Å². The second-order valence-electron chi connectivity index (χ2n) is 6.04. The second kappa shape index (κ2) is 6.92. The topological polar surface area (TPSA) is 108 Å². The second-order valence-corrected chi connectivity index (χ2v) is 6.04. The SMILES string of the molecule is COc1ccccc1NC(=O)c1c(=O)[nH]n2c(=O)cc(-c3ccccc3)[nH]c12. The van der Waals surface area contributed by atoms with Crippen LogP contribution in [-0.2, 0) is 0 Å². The lowest BCUT2D eigenvalue weighted by Crippen LogP contribution is -2.20. The lowest BCUT2D eigenvalue weighted by atomic mass is 10.1. The summed E-state index contributed by atoms with van der Waals surface area (Å²) in [5, 5.41) is 5.05. The van der Waals surface area contributed by atoms with E-state index < -0.39 is 17.0 Å². The molecule has 1 amide bonds. The summed E-state index contributed by atoms with van der Waals surface area (Å²) < 4.78 is 6.23. The van der Waals surface area contributed by atoms with Crippen LogP contribution in [-0.4, -0.2) is 27.6 Å². The highest BCUT2D eigenvalue weighted by Crippen LogP contribution is 2.24. The maximum atomic E-state index is 12.8. The Hall–Kier alpha value is -4.07. The van der Waals surface area contributed by atoms with E-state index in [0.29, 0.717) is 17.1 Å². The molecule has 28 heavy (non-hydrogen) atoms. The molecule has 4 aromatic rings. The number of hydrogen-bond acceptors (Lipinski definition) is 4. The van der Waals surface area contributed by atoms with Crippen molar-refractivity contribution in [3.63, 3.8) is 0 Å². The number of aromatic amines is 2. The van der Waals surface area contributed by atoms with Crippen molar-refractivity contribution in [1.29, 1.82) is 0 Å². The summed E-state index contributed by atoms with van der Waals surface area (Å²) in [5.74, 6) is -0.205. The van der Waals surface area contributed by atoms with Crippen LogP contribution in [0.25, 0.3) is 16.9 Å². The number of nitrogens with one attached hydrogen (secondary N) is 3. The van der Waals surface area contributed by atoms with Crippen molar-refractivity contribution >= 4 is 17.2 Å². The van der Waals surface area contributed by atoms with Gasteiger partial charge in [-0.2, -0.15) is 4.52 Å². The fourth-order valence-electron chi connectivity index (χ4n) is 2.98. The predicted octanol–water partition coefficient (Wildman–Crippen LogP) is 2.24. The highest BCUT2D eigenvalue weighted by molar-refractivity contribution is 6.08. The molecule has 0 bridgehead atoms. The van der Waals surface area contributed by atoms with E-state index in [4.69, 9.17) is 4.74 Å². The van der Waals surface area contributed by atoms with Gasteiger partial charge >= 0.3 is 0 Å². The monoisotopic (exact) mass is 376 g/mol. The zero-order chi connectivity index (χ0) is 19.7. The van der Waals surface area contributed by atoms with E-state index in [-0.39, 0.29) is 11.2 Å². The van der Waals surface area contributed by atoms with Gasteiger partial charge in [-0.1, -0.05) is 42.5 Å². The molecular formula is C20H16N4O4. The largest absolute Gasteiger partial charge is 0.495 e. The molecule has 0 aliphatic heterocycles. The van der Waals surface area contributed by atoms with Crippen LogP contribution in [0.1, 0.15) is 10.4 Å². The van der Waals surface area contributed by atoms with Crippen molar-refractivity contribution < 1.29 is 9.53 Å². The number of nitrogens with zero attached hydrogens (tertiary/aromatic N) is 1. The molecule has 3 N–H and O–H groups in total. The molecule has 2 aromatic carbocycles. The van der Waals surface area contributed by atoms with Crippen molar-refractivity contribution in [2.24, 2.45) is 0 Å². The highest BCUT2D eigenvalue weighted by atomic mass is 16.5. The molecule has 140 valence electrons. The first kappa shape index (κ1) is 17.3. The van der Waals surface area contributed by atoms with E-state index in [0.717, 1.165) is 10.1 Å². The fraction of sp³-hybridized carbons (Fsp3) is 0.0500. The van der Waals surface area contributed by atoms with Crippen LogP contribution in [0, 0.1) is 0 Å². The minimum absolute atomic E-state index is 0.0868. The number of fused-ring (bicyclic) bond motifs is 1. The van der Waals surface area contributed by atoms with E-state index >= 15 is 0 Å². The van der Waals surface area contributed by atoms with Gasteiger partial charge in [-0.05, 0) is 17.7 Å². The van der Waals surface area contributed by atoms with Crippen LogP contribution in [0.3, 0.4) is 0 Å². The summed E-state index contributed by atoms with van der Waals surface area (Å²) >= 11 is 0. The molecule has 2 aromatic heterocycles. The lowest BCUT2D eigenvalue weighted by Gasteiger charge is -2.09. The number of ether oxygens (including phenoxy) is 1. The third-order valence-corrected chi connectivity index (χ3v) is 4.31. The molecule has 0 atom stereocenters. The molecule has 0 aliphatic carbocycles. The van der Waals surface area contributed by atoms with Gasteiger partial charge in [0.25, 0.3) is 17.0 Å². The Morgan fingerprint density at radius 3 is 2.50 bits per heavy atom. The first-order valence-corrected chi connectivity index (χ1v) is 8.46. The maximum absolute atomic E-state index is 12.8. The quantitative estimate of drug-likeness (QED) is 0.507. The third kappa shape index (κ3) is 2.96. The van der Waals surface area contributed by atoms with Crippen LogP contribution < -0.4 is 21.2 Å². The van der Waals surface area contributed by atoms with Gasteiger partial charge in [0, 0.05) is 6.07 Å². The Bertz CT molecular complexity index is 1290. The first-order chi connectivity index (χ1) is 13.6. The summed E-state index contributed by atoms with van der Waals surface area (Å²) in [4.78, 5) is 40.7. The third-order valence-electron chi connectivity index (χ3n) is 4.31. The number of carbonyl (C=O) groups excluding carboxylic acids is 1. The molecular weight excluding hydrogens is 360 g/mol. The Kier molecular flexibility index (Phi) is 4.29. The minimum Gasteiger partial charge on any atom is -0.495 e. The van der Waals surface area contributed by atoms with Gasteiger partial charge in [-0.25, -0.2) is 0 Å². The smallest absolute Gasteiger partial charge is 0.279 e. The molecule has 0 saturated carbocycles. The van der Waals surface area contributed by atoms with Gasteiger partial charge in [0.1, 0.15) is 11.3 Å². The van der Waals surface area contributed by atoms with Crippen LogP contribution >= 0.6 is 0 Å². The van der Waals surface area contributed by atoms with Gasteiger partial charge in [-0.3, -0.25) is 19.5 Å². The zero-order valence-electron chi connectivity index (χ0n) is 14.9. The van der Waals surface area contributed by atoms with Crippen LogP contribution in [0.2, 0.25) is 0 Å². The van der Waals surface area contributed by atoms with Crippen LogP contribution in [0.5, 0.6) is 5.75 Å². The molecule has 2 heterocycles. The molecule has 0 unspecified atom stereocenters. The van der Waals surface area contributed by atoms with Crippen LogP contribution in [0.15, 0.2) is 70.3 Å². The number of rotatable bonds is 4. The lowest BCUT2D eigenvalue weighted by molar-refractivity contribution is 0.102. The summed E-state index contributed by atoms with van der Waals surface area (Å²) in [6.07, 6.45) is 0. The Balaban J connectivity index is 1.84. The number of carbonyl (C=O) groups is 1. The molecule has 8 nitrogen and oxygen atoms in total. The van der Waals surface area contributed by atoms with Gasteiger partial charge in [0.2, 0.25) is 0 Å². The van der Waals surface area contributed by atoms with Gasteiger partial charge in [-0.15, -0.1) is 0 Å². The average Bonchev–Trinajstić information content (AvgIpc) is 3.05. The van der Waals surface area contributed by atoms with E-state index in [1.165, 1.54) is 13.2 Å². The number of methoxy groups -OCH3 is 1. The average molecular weight is 376 g/mol. The molecule has 0 spiro atoms. The standard InChI is InChI=1S/C20H16N4O4/c1-28-15-10-6-5-9-13(15)22-19(26)17-18-21-14(12-7-3-2-4-8-12)11-16(25)24(18)23-20(17)27/h2-11,21H,1H3,(H,22,26)(H,23,27). The van der Waals surface area contributed by atoms with Gasteiger partial charge in [0.15, 0.2) is 5.65 Å². The zero-order valence-corrected chi connectivity index (χ0v) is 14.9. The van der Waals surface area contributed by atoms with E-state index in [2.05, 4.69) is 15.4 Å². The van der Waals surface area contributed by atoms with Gasteiger partial charge < -0.3 is 15.0 Å². The summed E-state index contributed by atoms with van der Waals surface area (Å²) in [5.41, 5.74) is 0.426. The van der Waals surface area contributed by atoms with Crippen molar-refractivity contribution in [1.82, 2.24) is 14.6 Å². The summed E-state index contributed by atoms with van der Waals surface area (Å²) in [6, 6.07) is 17.4. The van der Waals surface area contributed by atoms with Crippen molar-refractivity contribution in [2.75, 3.05) is 12.4 Å². The van der Waals surface area contributed by atoms with Crippen molar-refractivity contribution in [3.05, 3.63) is 86.9 Å². The number of amides is 1. The molecule has 0 radical (unpaired) electrons. The molecule has 0 fully saturated rings. The molecule has 8 heteroatoms. The Morgan fingerprint density at radius 2 is 1.75 bits per heavy atom.